The first kappa shape index (κ1) is 21.9. The highest BCUT2D eigenvalue weighted by Crippen LogP contribution is 2.41. The summed E-state index contributed by atoms with van der Waals surface area (Å²) in [5.41, 5.74) is 6.21. The molecule has 35 heavy (non-hydrogen) atoms. The van der Waals surface area contributed by atoms with Crippen molar-refractivity contribution >= 4 is 34.7 Å². The van der Waals surface area contributed by atoms with Crippen LogP contribution in [0.1, 0.15) is 34.7 Å². The third-order valence-corrected chi connectivity index (χ3v) is 7.80. The van der Waals surface area contributed by atoms with Crippen LogP contribution in [0.4, 0.5) is 0 Å². The van der Waals surface area contributed by atoms with Crippen molar-refractivity contribution in [3.05, 3.63) is 119 Å². The molecular formula is C28H21ClN2O3S. The number of allylic oxidation sites excluding steroid dienone is 1. The van der Waals surface area contributed by atoms with E-state index in [1.807, 2.05) is 41.0 Å². The molecule has 0 spiro atoms. The van der Waals surface area contributed by atoms with Gasteiger partial charge < -0.3 is 9.84 Å². The van der Waals surface area contributed by atoms with Gasteiger partial charge in [0.1, 0.15) is 0 Å². The van der Waals surface area contributed by atoms with Crippen LogP contribution in [-0.2, 0) is 6.42 Å². The summed E-state index contributed by atoms with van der Waals surface area (Å²) in [7, 11) is 1.50. The Balaban J connectivity index is 1.60. The minimum atomic E-state index is -0.247. The molecule has 0 saturated carbocycles. The summed E-state index contributed by atoms with van der Waals surface area (Å²) in [6, 6.07) is 20.9. The number of fused-ring (bicyclic) bond motifs is 3. The number of methoxy groups -OCH3 is 1. The van der Waals surface area contributed by atoms with Crippen LogP contribution in [0.3, 0.4) is 0 Å². The van der Waals surface area contributed by atoms with E-state index in [1.54, 1.807) is 18.2 Å². The number of nitrogens with zero attached hydrogens (tertiary/aromatic N) is 2. The molecule has 4 aromatic rings. The van der Waals surface area contributed by atoms with Crippen LogP contribution in [0.25, 0.3) is 11.8 Å². The molecule has 2 heterocycles. The Morgan fingerprint density at radius 2 is 1.91 bits per heavy atom. The first-order valence-electron chi connectivity index (χ1n) is 11.3. The van der Waals surface area contributed by atoms with E-state index in [0.717, 1.165) is 40.8 Å². The number of hydrogen-bond acceptors (Lipinski definition) is 5. The fraction of sp³-hybridized carbons (Fsp3) is 0.143. The molecule has 2 aliphatic rings. The molecule has 0 bridgehead atoms. The number of phenols is 1. The Morgan fingerprint density at radius 3 is 2.71 bits per heavy atom. The number of thiazole rings is 1. The van der Waals surface area contributed by atoms with Crippen molar-refractivity contribution in [2.75, 3.05) is 7.11 Å². The molecular weight excluding hydrogens is 480 g/mol. The third-order valence-electron chi connectivity index (χ3n) is 6.56. The van der Waals surface area contributed by atoms with Crippen LogP contribution in [0.15, 0.2) is 82.1 Å². The predicted molar refractivity (Wildman–Crippen MR) is 139 cm³/mol. The lowest BCUT2D eigenvalue weighted by Gasteiger charge is -2.30. The van der Waals surface area contributed by atoms with Crippen molar-refractivity contribution in [3.8, 4) is 11.5 Å². The lowest BCUT2D eigenvalue weighted by molar-refractivity contribution is 0.373. The van der Waals surface area contributed by atoms with E-state index in [0.29, 0.717) is 20.1 Å². The molecule has 0 radical (unpaired) electrons. The quantitative estimate of drug-likeness (QED) is 0.444. The summed E-state index contributed by atoms with van der Waals surface area (Å²) in [4.78, 5) is 19.5. The Hall–Kier alpha value is -3.61. The fourth-order valence-electron chi connectivity index (χ4n) is 4.90. The minimum Gasteiger partial charge on any atom is -0.504 e. The standard InChI is InChI=1S/C28H21ClN2O3S/c1-34-23-14-16(6-13-22(23)32)15-24-27(33)31-26(18-7-10-19(29)11-8-18)21-12-9-17-4-2-3-5-20(17)25(21)30-28(31)35-24/h2-8,10-11,13-15,26,32H,9,12H2,1H3. The molecule has 3 aromatic carbocycles. The predicted octanol–water partition coefficient (Wildman–Crippen LogP) is 4.69. The first-order valence-corrected chi connectivity index (χ1v) is 12.5. The largest absolute Gasteiger partial charge is 0.504 e. The molecule has 1 aliphatic heterocycles. The number of aromatic hydroxyl groups is 1. The monoisotopic (exact) mass is 500 g/mol. The molecule has 1 atom stereocenters. The van der Waals surface area contributed by atoms with Crippen LogP contribution < -0.4 is 19.6 Å². The highest BCUT2D eigenvalue weighted by atomic mass is 35.5. The lowest BCUT2D eigenvalue weighted by atomic mass is 9.83. The van der Waals surface area contributed by atoms with Gasteiger partial charge in [-0.05, 0) is 65.4 Å². The van der Waals surface area contributed by atoms with E-state index in [4.69, 9.17) is 21.3 Å². The zero-order chi connectivity index (χ0) is 24.1. The SMILES string of the molecule is COc1cc(C=c2sc3n(c2=O)C(c2ccc(Cl)cc2)C2=C(N=3)c3ccccc3CC2)ccc1O. The molecule has 0 saturated heterocycles. The Bertz CT molecular complexity index is 1680. The summed E-state index contributed by atoms with van der Waals surface area (Å²) >= 11 is 7.56. The summed E-state index contributed by atoms with van der Waals surface area (Å²) in [5.74, 6) is 0.415. The second kappa shape index (κ2) is 8.56. The Morgan fingerprint density at radius 1 is 1.11 bits per heavy atom. The summed E-state index contributed by atoms with van der Waals surface area (Å²) in [6.07, 6.45) is 3.57. The van der Waals surface area contributed by atoms with Crippen molar-refractivity contribution in [2.24, 2.45) is 4.99 Å². The highest BCUT2D eigenvalue weighted by Gasteiger charge is 2.32. The number of hydrogen-bond donors (Lipinski definition) is 1. The van der Waals surface area contributed by atoms with Gasteiger partial charge >= 0.3 is 0 Å². The number of halogens is 1. The van der Waals surface area contributed by atoms with Crippen molar-refractivity contribution in [1.82, 2.24) is 4.57 Å². The third kappa shape index (κ3) is 3.70. The maximum Gasteiger partial charge on any atom is 0.271 e. The van der Waals surface area contributed by atoms with Gasteiger partial charge in [-0.15, -0.1) is 0 Å². The van der Waals surface area contributed by atoms with Crippen molar-refractivity contribution < 1.29 is 9.84 Å². The van der Waals surface area contributed by atoms with E-state index in [9.17, 15) is 9.90 Å². The van der Waals surface area contributed by atoms with Gasteiger partial charge in [0.2, 0.25) is 0 Å². The van der Waals surface area contributed by atoms with Crippen molar-refractivity contribution in [3.63, 3.8) is 0 Å². The molecule has 1 unspecified atom stereocenters. The maximum atomic E-state index is 13.8. The summed E-state index contributed by atoms with van der Waals surface area (Å²) in [5, 5.41) is 10.6. The highest BCUT2D eigenvalue weighted by molar-refractivity contribution is 7.07. The van der Waals surface area contributed by atoms with Gasteiger partial charge in [-0.2, -0.15) is 0 Å². The lowest BCUT2D eigenvalue weighted by Crippen LogP contribution is -2.38. The van der Waals surface area contributed by atoms with E-state index in [1.165, 1.54) is 24.0 Å². The summed E-state index contributed by atoms with van der Waals surface area (Å²) in [6.45, 7) is 0. The molecule has 0 amide bonds. The van der Waals surface area contributed by atoms with E-state index < -0.39 is 0 Å². The number of benzene rings is 3. The normalized spacial score (nSPS) is 16.9. The molecule has 5 nitrogen and oxygen atoms in total. The number of rotatable bonds is 3. The average molecular weight is 501 g/mol. The van der Waals surface area contributed by atoms with Gasteiger partial charge in [-0.3, -0.25) is 9.36 Å². The van der Waals surface area contributed by atoms with Gasteiger partial charge in [0.15, 0.2) is 16.3 Å². The molecule has 0 fully saturated rings. The van der Waals surface area contributed by atoms with E-state index in [2.05, 4.69) is 18.2 Å². The number of aromatic nitrogens is 1. The topological polar surface area (TPSA) is 63.8 Å². The first-order chi connectivity index (χ1) is 17.0. The van der Waals surface area contributed by atoms with Gasteiger partial charge in [0, 0.05) is 10.6 Å². The van der Waals surface area contributed by atoms with Crippen LogP contribution in [-0.4, -0.2) is 16.8 Å². The van der Waals surface area contributed by atoms with Crippen LogP contribution >= 0.6 is 22.9 Å². The zero-order valence-corrected chi connectivity index (χ0v) is 20.4. The second-order valence-corrected chi connectivity index (χ2v) is 10.0. The van der Waals surface area contributed by atoms with Gasteiger partial charge in [-0.1, -0.05) is 65.4 Å². The Kier molecular flexibility index (Phi) is 5.35. The van der Waals surface area contributed by atoms with Crippen LogP contribution in [0, 0.1) is 0 Å². The molecule has 1 aromatic heterocycles. The van der Waals surface area contributed by atoms with Crippen molar-refractivity contribution in [1.29, 1.82) is 0 Å². The van der Waals surface area contributed by atoms with E-state index in [-0.39, 0.29) is 17.4 Å². The minimum absolute atomic E-state index is 0.0557. The molecule has 174 valence electrons. The second-order valence-electron chi connectivity index (χ2n) is 8.60. The number of ether oxygens (including phenoxy) is 1. The van der Waals surface area contributed by atoms with Crippen LogP contribution in [0.5, 0.6) is 11.5 Å². The fourth-order valence-corrected chi connectivity index (χ4v) is 6.03. The van der Waals surface area contributed by atoms with E-state index >= 15 is 0 Å². The van der Waals surface area contributed by atoms with Gasteiger partial charge in [0.05, 0.1) is 23.4 Å². The number of aryl methyl sites for hydroxylation is 1. The maximum absolute atomic E-state index is 13.8. The molecule has 1 aliphatic carbocycles. The van der Waals surface area contributed by atoms with Crippen molar-refractivity contribution in [2.45, 2.75) is 18.9 Å². The average Bonchev–Trinajstić information content (AvgIpc) is 3.19. The molecule has 1 N–H and O–H groups in total. The molecule has 6 rings (SSSR count). The Labute approximate surface area is 210 Å². The van der Waals surface area contributed by atoms with Crippen LogP contribution in [0.2, 0.25) is 5.02 Å². The van der Waals surface area contributed by atoms with Gasteiger partial charge in [-0.25, -0.2) is 4.99 Å². The smallest absolute Gasteiger partial charge is 0.271 e. The molecule has 7 heteroatoms. The number of phenolic OH excluding ortho intramolecular Hbond substituents is 1. The summed E-state index contributed by atoms with van der Waals surface area (Å²) < 4.78 is 7.61. The zero-order valence-electron chi connectivity index (χ0n) is 18.9. The van der Waals surface area contributed by atoms with Gasteiger partial charge in [0.25, 0.3) is 5.56 Å².